The molecule has 1 unspecified atom stereocenters. The molecule has 1 atom stereocenters. The van der Waals surface area contributed by atoms with Crippen molar-refractivity contribution in [3.8, 4) is 0 Å². The SMILES string of the molecule is CC1CN(CCCCCCN)CCO1. The third-order valence-corrected chi connectivity index (χ3v) is 2.75. The zero-order chi connectivity index (χ0) is 10.2. The summed E-state index contributed by atoms with van der Waals surface area (Å²) in [6, 6.07) is 0. The number of unbranched alkanes of at least 4 members (excludes halogenated alkanes) is 3. The minimum absolute atomic E-state index is 0.424. The van der Waals surface area contributed by atoms with Crippen molar-refractivity contribution in [2.24, 2.45) is 5.73 Å². The van der Waals surface area contributed by atoms with E-state index in [2.05, 4.69) is 11.8 Å². The van der Waals surface area contributed by atoms with Crippen molar-refractivity contribution in [3.63, 3.8) is 0 Å². The zero-order valence-corrected chi connectivity index (χ0v) is 9.37. The molecule has 0 aliphatic carbocycles. The summed E-state index contributed by atoms with van der Waals surface area (Å²) in [5, 5.41) is 0. The second-order valence-electron chi connectivity index (χ2n) is 4.18. The molecule has 1 fully saturated rings. The first-order valence-electron chi connectivity index (χ1n) is 5.87. The van der Waals surface area contributed by atoms with E-state index in [4.69, 9.17) is 10.5 Å². The zero-order valence-electron chi connectivity index (χ0n) is 9.37. The van der Waals surface area contributed by atoms with E-state index in [1.54, 1.807) is 0 Å². The lowest BCUT2D eigenvalue weighted by molar-refractivity contribution is -0.0186. The largest absolute Gasteiger partial charge is 0.376 e. The van der Waals surface area contributed by atoms with Gasteiger partial charge in [-0.05, 0) is 32.9 Å². The van der Waals surface area contributed by atoms with Crippen molar-refractivity contribution in [1.82, 2.24) is 4.90 Å². The molecule has 0 radical (unpaired) electrons. The molecule has 3 nitrogen and oxygen atoms in total. The van der Waals surface area contributed by atoms with Crippen LogP contribution >= 0.6 is 0 Å². The Bertz CT molecular complexity index is 141. The van der Waals surface area contributed by atoms with Gasteiger partial charge in [0, 0.05) is 13.1 Å². The standard InChI is InChI=1S/C11H24N2O/c1-11-10-13(8-9-14-11)7-5-3-2-4-6-12/h11H,2-10,12H2,1H3. The number of hydrogen-bond donors (Lipinski definition) is 1. The molecule has 0 aromatic heterocycles. The summed E-state index contributed by atoms with van der Waals surface area (Å²) < 4.78 is 5.49. The molecule has 1 heterocycles. The highest BCUT2D eigenvalue weighted by atomic mass is 16.5. The first-order valence-corrected chi connectivity index (χ1v) is 5.87. The quantitative estimate of drug-likeness (QED) is 0.655. The highest BCUT2D eigenvalue weighted by Gasteiger charge is 2.15. The van der Waals surface area contributed by atoms with Gasteiger partial charge in [0.25, 0.3) is 0 Å². The predicted octanol–water partition coefficient (Wildman–Crippen LogP) is 1.23. The van der Waals surface area contributed by atoms with E-state index in [1.165, 1.54) is 32.2 Å². The average molecular weight is 200 g/mol. The van der Waals surface area contributed by atoms with E-state index < -0.39 is 0 Å². The lowest BCUT2D eigenvalue weighted by Gasteiger charge is -2.30. The van der Waals surface area contributed by atoms with Gasteiger partial charge in [-0.25, -0.2) is 0 Å². The van der Waals surface area contributed by atoms with Crippen molar-refractivity contribution in [1.29, 1.82) is 0 Å². The Morgan fingerprint density at radius 2 is 2.07 bits per heavy atom. The van der Waals surface area contributed by atoms with Crippen LogP contribution in [0.15, 0.2) is 0 Å². The Labute approximate surface area is 87.6 Å². The topological polar surface area (TPSA) is 38.5 Å². The molecule has 84 valence electrons. The summed E-state index contributed by atoms with van der Waals surface area (Å²) in [4.78, 5) is 2.51. The smallest absolute Gasteiger partial charge is 0.0674 e. The summed E-state index contributed by atoms with van der Waals surface area (Å²) in [6.07, 6.45) is 5.53. The summed E-state index contributed by atoms with van der Waals surface area (Å²) in [7, 11) is 0. The van der Waals surface area contributed by atoms with Gasteiger partial charge in [-0.3, -0.25) is 4.90 Å². The summed E-state index contributed by atoms with van der Waals surface area (Å²) in [5.74, 6) is 0. The second-order valence-corrected chi connectivity index (χ2v) is 4.18. The maximum atomic E-state index is 5.49. The van der Waals surface area contributed by atoms with Crippen LogP contribution in [0.2, 0.25) is 0 Å². The van der Waals surface area contributed by atoms with Gasteiger partial charge in [-0.2, -0.15) is 0 Å². The van der Waals surface area contributed by atoms with Gasteiger partial charge in [-0.1, -0.05) is 12.8 Å². The van der Waals surface area contributed by atoms with Crippen LogP contribution in [-0.4, -0.2) is 43.8 Å². The molecule has 0 aromatic rings. The third-order valence-electron chi connectivity index (χ3n) is 2.75. The van der Waals surface area contributed by atoms with Crippen LogP contribution in [0.3, 0.4) is 0 Å². The monoisotopic (exact) mass is 200 g/mol. The number of nitrogens with two attached hydrogens (primary N) is 1. The molecule has 1 aliphatic heterocycles. The van der Waals surface area contributed by atoms with Gasteiger partial charge in [0.1, 0.15) is 0 Å². The highest BCUT2D eigenvalue weighted by molar-refractivity contribution is 4.67. The molecule has 1 rings (SSSR count). The fraction of sp³-hybridized carbons (Fsp3) is 1.00. The first kappa shape index (κ1) is 12.0. The summed E-state index contributed by atoms with van der Waals surface area (Å²) in [6.45, 7) is 7.36. The molecule has 0 amide bonds. The molecule has 14 heavy (non-hydrogen) atoms. The Balaban J connectivity index is 1.95. The van der Waals surface area contributed by atoms with Crippen molar-refractivity contribution >= 4 is 0 Å². The molecular weight excluding hydrogens is 176 g/mol. The molecule has 2 N–H and O–H groups in total. The Morgan fingerprint density at radius 3 is 2.79 bits per heavy atom. The average Bonchev–Trinajstić information content (AvgIpc) is 2.18. The van der Waals surface area contributed by atoms with Crippen molar-refractivity contribution in [2.75, 3.05) is 32.8 Å². The normalized spacial score (nSPS) is 24.0. The lowest BCUT2D eigenvalue weighted by atomic mass is 10.2. The molecule has 0 spiro atoms. The van der Waals surface area contributed by atoms with Gasteiger partial charge in [-0.15, -0.1) is 0 Å². The number of nitrogens with zero attached hydrogens (tertiary/aromatic N) is 1. The highest BCUT2D eigenvalue weighted by Crippen LogP contribution is 2.07. The van der Waals surface area contributed by atoms with Crippen LogP contribution in [0.25, 0.3) is 0 Å². The first-order chi connectivity index (χ1) is 6.83. The Morgan fingerprint density at radius 1 is 1.29 bits per heavy atom. The summed E-state index contributed by atoms with van der Waals surface area (Å²) >= 11 is 0. The molecule has 1 saturated heterocycles. The maximum absolute atomic E-state index is 5.49. The fourth-order valence-electron chi connectivity index (χ4n) is 1.93. The number of ether oxygens (including phenoxy) is 1. The predicted molar refractivity (Wildman–Crippen MR) is 59.4 cm³/mol. The Kier molecular flexibility index (Phi) is 6.15. The molecular formula is C11H24N2O. The molecule has 0 saturated carbocycles. The van der Waals surface area contributed by atoms with Crippen LogP contribution in [0, 0.1) is 0 Å². The molecule has 3 heteroatoms. The van der Waals surface area contributed by atoms with Gasteiger partial charge >= 0.3 is 0 Å². The van der Waals surface area contributed by atoms with Crippen molar-refractivity contribution in [2.45, 2.75) is 38.7 Å². The van der Waals surface area contributed by atoms with Crippen molar-refractivity contribution < 1.29 is 4.74 Å². The van der Waals surface area contributed by atoms with Gasteiger partial charge in [0.15, 0.2) is 0 Å². The van der Waals surface area contributed by atoms with E-state index in [0.29, 0.717) is 6.10 Å². The van der Waals surface area contributed by atoms with Crippen LogP contribution in [-0.2, 0) is 4.74 Å². The summed E-state index contributed by atoms with van der Waals surface area (Å²) in [5.41, 5.74) is 5.44. The number of morpholine rings is 1. The van der Waals surface area contributed by atoms with Gasteiger partial charge in [0.05, 0.1) is 12.7 Å². The van der Waals surface area contributed by atoms with E-state index in [1.807, 2.05) is 0 Å². The molecule has 0 aromatic carbocycles. The minimum Gasteiger partial charge on any atom is -0.376 e. The van der Waals surface area contributed by atoms with Gasteiger partial charge < -0.3 is 10.5 Å². The number of rotatable bonds is 6. The van der Waals surface area contributed by atoms with Crippen molar-refractivity contribution in [3.05, 3.63) is 0 Å². The minimum atomic E-state index is 0.424. The van der Waals surface area contributed by atoms with Crippen LogP contribution in [0.4, 0.5) is 0 Å². The molecule has 0 bridgehead atoms. The Hall–Kier alpha value is -0.120. The van der Waals surface area contributed by atoms with Crippen LogP contribution in [0.5, 0.6) is 0 Å². The fourth-order valence-corrected chi connectivity index (χ4v) is 1.93. The molecule has 1 aliphatic rings. The second kappa shape index (κ2) is 7.21. The van der Waals surface area contributed by atoms with E-state index in [0.717, 1.165) is 26.2 Å². The van der Waals surface area contributed by atoms with Crippen LogP contribution < -0.4 is 5.73 Å². The number of hydrogen-bond acceptors (Lipinski definition) is 3. The lowest BCUT2D eigenvalue weighted by Crippen LogP contribution is -2.41. The van der Waals surface area contributed by atoms with Crippen LogP contribution in [0.1, 0.15) is 32.6 Å². The third kappa shape index (κ3) is 4.94. The maximum Gasteiger partial charge on any atom is 0.0674 e. The van der Waals surface area contributed by atoms with E-state index in [9.17, 15) is 0 Å². The van der Waals surface area contributed by atoms with E-state index >= 15 is 0 Å². The van der Waals surface area contributed by atoms with Gasteiger partial charge in [0.2, 0.25) is 0 Å². The van der Waals surface area contributed by atoms with E-state index in [-0.39, 0.29) is 0 Å².